The van der Waals surface area contributed by atoms with Gasteiger partial charge in [-0.1, -0.05) is 13.8 Å². The number of rotatable bonds is 7. The number of aliphatic carboxylic acids is 1. The Morgan fingerprint density at radius 3 is 2.56 bits per heavy atom. The Morgan fingerprint density at radius 1 is 1.50 bits per heavy atom. The van der Waals surface area contributed by atoms with Crippen molar-refractivity contribution in [2.75, 3.05) is 26.8 Å². The van der Waals surface area contributed by atoms with Crippen LogP contribution in [0.15, 0.2) is 0 Å². The largest absolute Gasteiger partial charge is 0.480 e. The number of carboxylic acids is 1. The van der Waals surface area contributed by atoms with E-state index in [1.807, 2.05) is 4.90 Å². The van der Waals surface area contributed by atoms with Crippen LogP contribution in [0.5, 0.6) is 0 Å². The lowest BCUT2D eigenvalue weighted by Gasteiger charge is -2.44. The summed E-state index contributed by atoms with van der Waals surface area (Å²) in [5.41, 5.74) is 0. The molecule has 0 aromatic heterocycles. The van der Waals surface area contributed by atoms with Gasteiger partial charge in [-0.3, -0.25) is 9.69 Å². The summed E-state index contributed by atoms with van der Waals surface area (Å²) in [5, 5.41) is 8.84. The first-order valence-electron chi connectivity index (χ1n) is 5.99. The van der Waals surface area contributed by atoms with Crippen molar-refractivity contribution < 1.29 is 14.6 Å². The van der Waals surface area contributed by atoms with Crippen LogP contribution in [0.3, 0.4) is 0 Å². The van der Waals surface area contributed by atoms with E-state index in [2.05, 4.69) is 13.8 Å². The average Bonchev–Trinajstić information content (AvgIpc) is 2.09. The SMILES string of the molecule is COCCN(CC(=O)O)C1CC(C(C)C)C1. The summed E-state index contributed by atoms with van der Waals surface area (Å²) in [4.78, 5) is 12.8. The van der Waals surface area contributed by atoms with Crippen LogP contribution in [0.25, 0.3) is 0 Å². The molecule has 1 rings (SSSR count). The predicted molar refractivity (Wildman–Crippen MR) is 62.4 cm³/mol. The highest BCUT2D eigenvalue weighted by Gasteiger charge is 2.35. The van der Waals surface area contributed by atoms with E-state index in [1.54, 1.807) is 7.11 Å². The zero-order valence-electron chi connectivity index (χ0n) is 10.5. The molecule has 0 unspecified atom stereocenters. The smallest absolute Gasteiger partial charge is 0.317 e. The molecule has 1 saturated carbocycles. The fraction of sp³-hybridized carbons (Fsp3) is 0.917. The minimum atomic E-state index is -0.746. The maximum Gasteiger partial charge on any atom is 0.317 e. The third kappa shape index (κ3) is 3.76. The second-order valence-electron chi connectivity index (χ2n) is 4.99. The van der Waals surface area contributed by atoms with E-state index in [4.69, 9.17) is 9.84 Å². The van der Waals surface area contributed by atoms with Crippen LogP contribution in [0.1, 0.15) is 26.7 Å². The summed E-state index contributed by atoms with van der Waals surface area (Å²) in [6.45, 7) is 5.93. The zero-order chi connectivity index (χ0) is 12.1. The zero-order valence-corrected chi connectivity index (χ0v) is 10.5. The molecule has 4 nitrogen and oxygen atoms in total. The molecule has 0 aliphatic heterocycles. The van der Waals surface area contributed by atoms with Crippen LogP contribution >= 0.6 is 0 Å². The molecular weight excluding hydrogens is 206 g/mol. The number of hydrogen-bond acceptors (Lipinski definition) is 3. The van der Waals surface area contributed by atoms with Gasteiger partial charge in [-0.15, -0.1) is 0 Å². The minimum Gasteiger partial charge on any atom is -0.480 e. The van der Waals surface area contributed by atoms with E-state index in [9.17, 15) is 4.79 Å². The number of hydrogen-bond donors (Lipinski definition) is 1. The summed E-state index contributed by atoms with van der Waals surface area (Å²) >= 11 is 0. The Bertz CT molecular complexity index is 224. The van der Waals surface area contributed by atoms with Gasteiger partial charge < -0.3 is 9.84 Å². The molecule has 0 atom stereocenters. The van der Waals surface area contributed by atoms with E-state index in [0.29, 0.717) is 18.6 Å². The van der Waals surface area contributed by atoms with Crippen molar-refractivity contribution >= 4 is 5.97 Å². The van der Waals surface area contributed by atoms with Gasteiger partial charge in [0.2, 0.25) is 0 Å². The van der Waals surface area contributed by atoms with Gasteiger partial charge in [0.15, 0.2) is 0 Å². The topological polar surface area (TPSA) is 49.8 Å². The number of carboxylic acid groups (broad SMARTS) is 1. The molecular formula is C12H23NO3. The quantitative estimate of drug-likeness (QED) is 0.718. The summed E-state index contributed by atoms with van der Waals surface area (Å²) in [7, 11) is 1.65. The third-order valence-corrected chi connectivity index (χ3v) is 3.53. The van der Waals surface area contributed by atoms with Gasteiger partial charge in [0.25, 0.3) is 0 Å². The Balaban J connectivity index is 2.36. The minimum absolute atomic E-state index is 0.138. The monoisotopic (exact) mass is 229 g/mol. The fourth-order valence-electron chi connectivity index (χ4n) is 2.25. The summed E-state index contributed by atoms with van der Waals surface area (Å²) in [6, 6.07) is 0.443. The van der Waals surface area contributed by atoms with Gasteiger partial charge >= 0.3 is 5.97 Å². The third-order valence-electron chi connectivity index (χ3n) is 3.53. The molecule has 1 aliphatic rings. The molecule has 16 heavy (non-hydrogen) atoms. The standard InChI is InChI=1S/C12H23NO3/c1-9(2)10-6-11(7-10)13(4-5-16-3)8-12(14)15/h9-11H,4-8H2,1-3H3,(H,14,15). The van der Waals surface area contributed by atoms with Crippen molar-refractivity contribution in [3.8, 4) is 0 Å². The molecule has 0 aromatic carbocycles. The Hall–Kier alpha value is -0.610. The normalized spacial score (nSPS) is 24.8. The van der Waals surface area contributed by atoms with Gasteiger partial charge in [-0.05, 0) is 24.7 Å². The first-order valence-corrected chi connectivity index (χ1v) is 5.99. The van der Waals surface area contributed by atoms with Crippen LogP contribution < -0.4 is 0 Å². The first kappa shape index (κ1) is 13.5. The van der Waals surface area contributed by atoms with Gasteiger partial charge in [0.05, 0.1) is 13.2 Å². The molecule has 0 spiro atoms. The number of ether oxygens (including phenoxy) is 1. The number of methoxy groups -OCH3 is 1. The van der Waals surface area contributed by atoms with Crippen LogP contribution in [-0.2, 0) is 9.53 Å². The summed E-state index contributed by atoms with van der Waals surface area (Å²) in [6.07, 6.45) is 2.27. The molecule has 0 amide bonds. The second kappa shape index (κ2) is 6.21. The number of nitrogens with zero attached hydrogens (tertiary/aromatic N) is 1. The van der Waals surface area contributed by atoms with Crippen molar-refractivity contribution in [3.05, 3.63) is 0 Å². The van der Waals surface area contributed by atoms with Crippen LogP contribution in [0.2, 0.25) is 0 Å². The van der Waals surface area contributed by atoms with Gasteiger partial charge in [0, 0.05) is 19.7 Å². The van der Waals surface area contributed by atoms with E-state index in [-0.39, 0.29) is 6.54 Å². The lowest BCUT2D eigenvalue weighted by molar-refractivity contribution is -0.140. The first-order chi connectivity index (χ1) is 7.54. The van der Waals surface area contributed by atoms with E-state index >= 15 is 0 Å². The summed E-state index contributed by atoms with van der Waals surface area (Å²) < 4.78 is 5.01. The van der Waals surface area contributed by atoms with Gasteiger partial charge in [0.1, 0.15) is 0 Å². The Kier molecular flexibility index (Phi) is 5.22. The van der Waals surface area contributed by atoms with Crippen LogP contribution in [0.4, 0.5) is 0 Å². The van der Waals surface area contributed by atoms with Gasteiger partial charge in [-0.2, -0.15) is 0 Å². The lowest BCUT2D eigenvalue weighted by atomic mass is 9.73. The predicted octanol–water partition coefficient (Wildman–Crippen LogP) is 1.45. The van der Waals surface area contributed by atoms with E-state index < -0.39 is 5.97 Å². The molecule has 1 fully saturated rings. The Labute approximate surface area is 97.6 Å². The molecule has 0 heterocycles. The molecule has 0 saturated heterocycles. The van der Waals surface area contributed by atoms with E-state index in [0.717, 1.165) is 25.3 Å². The second-order valence-corrected chi connectivity index (χ2v) is 4.99. The van der Waals surface area contributed by atoms with Crippen LogP contribution in [-0.4, -0.2) is 48.8 Å². The van der Waals surface area contributed by atoms with Crippen molar-refractivity contribution in [1.82, 2.24) is 4.90 Å². The van der Waals surface area contributed by atoms with Crippen molar-refractivity contribution in [1.29, 1.82) is 0 Å². The molecule has 1 N–H and O–H groups in total. The maximum atomic E-state index is 10.8. The molecule has 0 bridgehead atoms. The lowest BCUT2D eigenvalue weighted by Crippen LogP contribution is -2.49. The van der Waals surface area contributed by atoms with Crippen LogP contribution in [0, 0.1) is 11.8 Å². The highest BCUT2D eigenvalue weighted by molar-refractivity contribution is 5.69. The molecule has 4 heteroatoms. The average molecular weight is 229 g/mol. The van der Waals surface area contributed by atoms with Crippen molar-refractivity contribution in [2.24, 2.45) is 11.8 Å². The highest BCUT2D eigenvalue weighted by atomic mass is 16.5. The van der Waals surface area contributed by atoms with Gasteiger partial charge in [-0.25, -0.2) is 0 Å². The molecule has 94 valence electrons. The molecule has 0 aromatic rings. The fourth-order valence-corrected chi connectivity index (χ4v) is 2.25. The van der Waals surface area contributed by atoms with E-state index in [1.165, 1.54) is 0 Å². The Morgan fingerprint density at radius 2 is 2.12 bits per heavy atom. The maximum absolute atomic E-state index is 10.8. The molecule has 0 radical (unpaired) electrons. The number of carbonyl (C=O) groups is 1. The van der Waals surface area contributed by atoms with Crippen molar-refractivity contribution in [3.63, 3.8) is 0 Å². The summed E-state index contributed by atoms with van der Waals surface area (Å²) in [5.74, 6) is 0.735. The highest BCUT2D eigenvalue weighted by Crippen LogP contribution is 2.36. The molecule has 1 aliphatic carbocycles. The van der Waals surface area contributed by atoms with Crippen molar-refractivity contribution in [2.45, 2.75) is 32.7 Å².